The maximum Gasteiger partial charge on any atom is 0.254 e. The summed E-state index contributed by atoms with van der Waals surface area (Å²) in [4.78, 5) is 39.8. The van der Waals surface area contributed by atoms with Crippen LogP contribution < -0.4 is 4.90 Å². The number of nitrogens with zero attached hydrogens (tertiary/aromatic N) is 5. The van der Waals surface area contributed by atoms with Crippen molar-refractivity contribution in [2.24, 2.45) is 0 Å². The molecule has 0 spiro atoms. The van der Waals surface area contributed by atoms with E-state index < -0.39 is 0 Å². The highest BCUT2D eigenvalue weighted by Crippen LogP contribution is 2.31. The minimum Gasteiger partial charge on any atom is -0.378 e. The summed E-state index contributed by atoms with van der Waals surface area (Å²) >= 11 is 0. The lowest BCUT2D eigenvalue weighted by Gasteiger charge is -2.29. The predicted octanol–water partition coefficient (Wildman–Crippen LogP) is 2.42. The number of fused-ring (bicyclic) bond motifs is 1. The first-order valence-electron chi connectivity index (χ1n) is 10.1. The van der Waals surface area contributed by atoms with Crippen molar-refractivity contribution in [1.82, 2.24) is 19.8 Å². The number of hydrogen-bond donors (Lipinski definition) is 0. The Morgan fingerprint density at radius 2 is 1.90 bits per heavy atom. The first-order chi connectivity index (χ1) is 13.9. The summed E-state index contributed by atoms with van der Waals surface area (Å²) < 4.78 is 0. The molecule has 3 heterocycles. The van der Waals surface area contributed by atoms with Gasteiger partial charge in [0, 0.05) is 70.1 Å². The van der Waals surface area contributed by atoms with Gasteiger partial charge >= 0.3 is 0 Å². The van der Waals surface area contributed by atoms with Crippen LogP contribution in [0.1, 0.15) is 53.2 Å². The number of hydrogen-bond acceptors (Lipinski definition) is 5. The maximum absolute atomic E-state index is 12.9. The van der Waals surface area contributed by atoms with Gasteiger partial charge in [-0.3, -0.25) is 9.59 Å². The van der Waals surface area contributed by atoms with Gasteiger partial charge in [0.25, 0.3) is 5.91 Å². The van der Waals surface area contributed by atoms with E-state index in [-0.39, 0.29) is 17.9 Å². The highest BCUT2D eigenvalue weighted by molar-refractivity contribution is 5.94. The fourth-order valence-corrected chi connectivity index (χ4v) is 4.16. The zero-order valence-corrected chi connectivity index (χ0v) is 17.3. The van der Waals surface area contributed by atoms with Crippen LogP contribution in [0.25, 0.3) is 0 Å². The van der Waals surface area contributed by atoms with Crippen LogP contribution in [-0.2, 0) is 17.8 Å². The van der Waals surface area contributed by atoms with Gasteiger partial charge in [0.15, 0.2) is 5.82 Å². The smallest absolute Gasteiger partial charge is 0.254 e. The number of rotatable bonds is 3. The summed E-state index contributed by atoms with van der Waals surface area (Å²) in [5, 5.41) is 0. The van der Waals surface area contributed by atoms with E-state index in [0.29, 0.717) is 25.1 Å². The molecule has 4 rings (SSSR count). The van der Waals surface area contributed by atoms with E-state index in [1.54, 1.807) is 6.92 Å². The van der Waals surface area contributed by atoms with Gasteiger partial charge in [-0.15, -0.1) is 0 Å². The number of aromatic nitrogens is 2. The lowest BCUT2D eigenvalue weighted by Crippen LogP contribution is -2.37. The molecule has 1 atom stereocenters. The molecule has 7 nitrogen and oxygen atoms in total. The number of carbonyl (C=O) groups excluding carboxylic acids is 2. The highest BCUT2D eigenvalue weighted by atomic mass is 16.2. The zero-order valence-electron chi connectivity index (χ0n) is 17.3. The van der Waals surface area contributed by atoms with Crippen molar-refractivity contribution in [3.8, 4) is 0 Å². The SMILES string of the molecule is CC(=O)N1CCC[C@@H]1c1ncc2c(n1)CCN(C(=O)c1ccc(N(C)C)cc1)C2. The van der Waals surface area contributed by atoms with Gasteiger partial charge in [0.05, 0.1) is 11.7 Å². The molecule has 152 valence electrons. The van der Waals surface area contributed by atoms with E-state index >= 15 is 0 Å². The Kier molecular flexibility index (Phi) is 5.22. The number of amides is 2. The molecule has 0 N–H and O–H groups in total. The summed E-state index contributed by atoms with van der Waals surface area (Å²) in [6.45, 7) is 3.53. The van der Waals surface area contributed by atoms with Gasteiger partial charge in [0.2, 0.25) is 5.91 Å². The number of benzene rings is 1. The topological polar surface area (TPSA) is 69.6 Å². The van der Waals surface area contributed by atoms with Gasteiger partial charge in [-0.05, 0) is 37.1 Å². The van der Waals surface area contributed by atoms with Crippen LogP contribution >= 0.6 is 0 Å². The molecule has 2 aliphatic rings. The van der Waals surface area contributed by atoms with Crippen molar-refractivity contribution in [1.29, 1.82) is 0 Å². The van der Waals surface area contributed by atoms with E-state index in [9.17, 15) is 9.59 Å². The maximum atomic E-state index is 12.9. The number of anilines is 1. The fourth-order valence-electron chi connectivity index (χ4n) is 4.16. The van der Waals surface area contributed by atoms with E-state index in [0.717, 1.165) is 42.2 Å². The van der Waals surface area contributed by atoms with Gasteiger partial charge in [0.1, 0.15) is 0 Å². The summed E-state index contributed by atoms with van der Waals surface area (Å²) in [7, 11) is 3.96. The van der Waals surface area contributed by atoms with Crippen LogP contribution in [0.5, 0.6) is 0 Å². The first-order valence-corrected chi connectivity index (χ1v) is 10.1. The van der Waals surface area contributed by atoms with Crippen molar-refractivity contribution in [3.63, 3.8) is 0 Å². The van der Waals surface area contributed by atoms with Crippen molar-refractivity contribution < 1.29 is 9.59 Å². The van der Waals surface area contributed by atoms with Crippen molar-refractivity contribution in [3.05, 3.63) is 53.1 Å². The van der Waals surface area contributed by atoms with Crippen LogP contribution in [-0.4, -0.2) is 58.8 Å². The molecule has 0 aliphatic carbocycles. The number of likely N-dealkylation sites (tertiary alicyclic amines) is 1. The Morgan fingerprint density at radius 1 is 1.14 bits per heavy atom. The van der Waals surface area contributed by atoms with Crippen molar-refractivity contribution in [2.75, 3.05) is 32.1 Å². The molecule has 2 aliphatic heterocycles. The summed E-state index contributed by atoms with van der Waals surface area (Å²) in [5.74, 6) is 0.838. The van der Waals surface area contributed by atoms with Crippen molar-refractivity contribution >= 4 is 17.5 Å². The largest absolute Gasteiger partial charge is 0.378 e. The molecule has 2 aromatic rings. The first kappa shape index (κ1) is 19.4. The monoisotopic (exact) mass is 393 g/mol. The van der Waals surface area contributed by atoms with Crippen LogP contribution in [0.3, 0.4) is 0 Å². The van der Waals surface area contributed by atoms with Crippen LogP contribution in [0.2, 0.25) is 0 Å². The second-order valence-electron chi connectivity index (χ2n) is 7.99. The normalized spacial score (nSPS) is 18.5. The molecule has 0 unspecified atom stereocenters. The van der Waals surface area contributed by atoms with Crippen molar-refractivity contribution in [2.45, 2.75) is 38.8 Å². The third-order valence-electron chi connectivity index (χ3n) is 5.83. The molecule has 0 saturated carbocycles. The summed E-state index contributed by atoms with van der Waals surface area (Å²) in [6.07, 6.45) is 4.44. The minimum absolute atomic E-state index is 0.0207. The van der Waals surface area contributed by atoms with Crippen LogP contribution in [0.15, 0.2) is 30.5 Å². The molecule has 1 aromatic heterocycles. The van der Waals surface area contributed by atoms with E-state index in [4.69, 9.17) is 4.98 Å². The second kappa shape index (κ2) is 7.81. The molecule has 1 saturated heterocycles. The second-order valence-corrected chi connectivity index (χ2v) is 7.99. The molecule has 29 heavy (non-hydrogen) atoms. The molecule has 1 aromatic carbocycles. The van der Waals surface area contributed by atoms with Gasteiger partial charge in [-0.1, -0.05) is 0 Å². The Balaban J connectivity index is 1.49. The van der Waals surface area contributed by atoms with E-state index in [2.05, 4.69) is 4.98 Å². The molecule has 2 amide bonds. The molecule has 1 fully saturated rings. The van der Waals surface area contributed by atoms with Gasteiger partial charge in [-0.25, -0.2) is 9.97 Å². The highest BCUT2D eigenvalue weighted by Gasteiger charge is 2.31. The standard InChI is InChI=1S/C22H27N5O2/c1-15(28)27-11-4-5-20(27)21-23-13-17-14-26(12-10-19(17)24-21)22(29)16-6-8-18(9-7-16)25(2)3/h6-9,13,20H,4-5,10-12,14H2,1-3H3/t20-/m1/s1. The average Bonchev–Trinajstić information content (AvgIpc) is 3.23. The quantitative estimate of drug-likeness (QED) is 0.801. The fraction of sp³-hybridized carbons (Fsp3) is 0.455. The lowest BCUT2D eigenvalue weighted by atomic mass is 10.0. The molecule has 0 bridgehead atoms. The molecule has 7 heteroatoms. The lowest BCUT2D eigenvalue weighted by molar-refractivity contribution is -0.129. The predicted molar refractivity (Wildman–Crippen MR) is 111 cm³/mol. The zero-order chi connectivity index (χ0) is 20.5. The third-order valence-corrected chi connectivity index (χ3v) is 5.83. The summed E-state index contributed by atoms with van der Waals surface area (Å²) in [5.41, 5.74) is 3.75. The van der Waals surface area contributed by atoms with Gasteiger partial charge in [-0.2, -0.15) is 0 Å². The number of carbonyl (C=O) groups is 2. The van der Waals surface area contributed by atoms with Crippen LogP contribution in [0, 0.1) is 0 Å². The minimum atomic E-state index is -0.0207. The third kappa shape index (κ3) is 3.81. The Bertz CT molecular complexity index is 925. The molecule has 0 radical (unpaired) electrons. The Hall–Kier alpha value is -2.96. The average molecular weight is 393 g/mol. The Labute approximate surface area is 171 Å². The summed E-state index contributed by atoms with van der Waals surface area (Å²) in [6, 6.07) is 7.66. The van der Waals surface area contributed by atoms with E-state index in [1.807, 2.05) is 59.3 Å². The van der Waals surface area contributed by atoms with E-state index in [1.165, 1.54) is 0 Å². The van der Waals surface area contributed by atoms with Gasteiger partial charge < -0.3 is 14.7 Å². The van der Waals surface area contributed by atoms with Crippen LogP contribution in [0.4, 0.5) is 5.69 Å². The molecular formula is C22H27N5O2. The molecular weight excluding hydrogens is 366 g/mol. The Morgan fingerprint density at radius 3 is 2.59 bits per heavy atom.